The molecule has 1 rings (SSSR count). The molecule has 0 saturated carbocycles. The summed E-state index contributed by atoms with van der Waals surface area (Å²) in [5.74, 6) is 0.0208. The van der Waals surface area contributed by atoms with Gasteiger partial charge in [0.1, 0.15) is 0 Å². The first-order valence-corrected chi connectivity index (χ1v) is 3.48. The predicted octanol–water partition coefficient (Wildman–Crippen LogP) is -0.322. The third kappa shape index (κ3) is 2.55. The van der Waals surface area contributed by atoms with Gasteiger partial charge in [0.05, 0.1) is 0 Å². The molecule has 0 radical (unpaired) electrons. The van der Waals surface area contributed by atoms with Gasteiger partial charge in [-0.3, -0.25) is 9.51 Å². The Balaban J connectivity index is 2.33. The first-order valence-electron chi connectivity index (χ1n) is 3.48. The maximum atomic E-state index is 10.4. The number of rotatable bonds is 4. The Labute approximate surface area is 63.0 Å². The van der Waals surface area contributed by atoms with E-state index in [1.807, 2.05) is 0 Å². The van der Waals surface area contributed by atoms with Crippen molar-refractivity contribution in [1.29, 1.82) is 0 Å². The molecular formula is C6H10N2O3. The Bertz CT molecular complexity index is 252. The van der Waals surface area contributed by atoms with Crippen LogP contribution in [-0.2, 0) is 6.42 Å². The van der Waals surface area contributed by atoms with Crippen LogP contribution >= 0.6 is 0 Å². The first kappa shape index (κ1) is 8.00. The van der Waals surface area contributed by atoms with E-state index in [-0.39, 0.29) is 6.61 Å². The summed E-state index contributed by atoms with van der Waals surface area (Å²) in [5.41, 5.74) is 0. The van der Waals surface area contributed by atoms with Gasteiger partial charge in [-0.25, -0.2) is 4.79 Å². The summed E-state index contributed by atoms with van der Waals surface area (Å²) in [6.07, 6.45) is 2.17. The van der Waals surface area contributed by atoms with Crippen LogP contribution in [0.5, 0.6) is 0 Å². The van der Waals surface area contributed by atoms with Gasteiger partial charge in [-0.15, -0.1) is 0 Å². The molecule has 0 saturated heterocycles. The van der Waals surface area contributed by atoms with Crippen molar-refractivity contribution in [2.45, 2.75) is 19.3 Å². The normalized spacial score (nSPS) is 10.3. The van der Waals surface area contributed by atoms with Crippen LogP contribution in [0, 0.1) is 0 Å². The zero-order chi connectivity index (χ0) is 8.10. The zero-order valence-corrected chi connectivity index (χ0v) is 6.04. The quantitative estimate of drug-likeness (QED) is 0.588. The average Bonchev–Trinajstić information content (AvgIpc) is 2.37. The largest absolute Gasteiger partial charge is 0.438 e. The van der Waals surface area contributed by atoms with Gasteiger partial charge in [0.25, 0.3) is 0 Å². The third-order valence-electron chi connectivity index (χ3n) is 1.31. The Morgan fingerprint density at radius 2 is 2.36 bits per heavy atom. The summed E-state index contributed by atoms with van der Waals surface area (Å²) in [6.45, 7) is 0.169. The zero-order valence-electron chi connectivity index (χ0n) is 6.04. The van der Waals surface area contributed by atoms with E-state index in [2.05, 4.69) is 14.7 Å². The predicted molar refractivity (Wildman–Crippen MR) is 37.1 cm³/mol. The summed E-state index contributed by atoms with van der Waals surface area (Å²) in [6, 6.07) is 0. The number of hydrogen-bond donors (Lipinski definition) is 2. The molecule has 0 atom stereocenters. The number of hydrogen-bond acceptors (Lipinski definition) is 4. The van der Waals surface area contributed by atoms with Crippen LogP contribution in [-0.4, -0.2) is 21.9 Å². The minimum atomic E-state index is -0.524. The van der Waals surface area contributed by atoms with E-state index in [1.165, 1.54) is 0 Å². The number of aliphatic hydroxyl groups is 1. The summed E-state index contributed by atoms with van der Waals surface area (Å²) < 4.78 is 4.27. The molecule has 0 spiro atoms. The number of aromatic amines is 1. The van der Waals surface area contributed by atoms with Crippen molar-refractivity contribution in [2.75, 3.05) is 6.61 Å². The fourth-order valence-corrected chi connectivity index (χ4v) is 0.772. The van der Waals surface area contributed by atoms with E-state index in [9.17, 15) is 4.79 Å². The lowest BCUT2D eigenvalue weighted by Gasteiger charge is -1.90. The van der Waals surface area contributed by atoms with Crippen molar-refractivity contribution in [2.24, 2.45) is 0 Å². The van der Waals surface area contributed by atoms with Gasteiger partial charge < -0.3 is 5.11 Å². The lowest BCUT2D eigenvalue weighted by atomic mass is 10.2. The van der Waals surface area contributed by atoms with Gasteiger partial charge in [-0.1, -0.05) is 5.16 Å². The van der Waals surface area contributed by atoms with Gasteiger partial charge in [-0.05, 0) is 12.8 Å². The highest BCUT2D eigenvalue weighted by molar-refractivity contribution is 4.77. The fourth-order valence-electron chi connectivity index (χ4n) is 0.772. The summed E-state index contributed by atoms with van der Waals surface area (Å²) >= 11 is 0. The smallest absolute Gasteiger partial charge is 0.396 e. The van der Waals surface area contributed by atoms with Crippen molar-refractivity contribution in [3.8, 4) is 0 Å². The molecule has 62 valence electrons. The summed E-state index contributed by atoms with van der Waals surface area (Å²) in [7, 11) is 0. The molecule has 0 amide bonds. The molecule has 5 heteroatoms. The molecule has 1 aromatic rings. The number of aromatic nitrogens is 2. The molecule has 0 aliphatic heterocycles. The standard InChI is InChI=1S/C6H10N2O3/c9-4-2-1-3-5-7-6(10)11-8-5/h9H,1-4H2,(H,7,8,10). The molecule has 0 unspecified atom stereocenters. The lowest BCUT2D eigenvalue weighted by molar-refractivity contribution is 0.284. The van der Waals surface area contributed by atoms with Crippen molar-refractivity contribution >= 4 is 0 Å². The molecule has 0 aliphatic rings. The fraction of sp³-hybridized carbons (Fsp3) is 0.667. The second-order valence-corrected chi connectivity index (χ2v) is 2.22. The number of nitrogens with zero attached hydrogens (tertiary/aromatic N) is 1. The topological polar surface area (TPSA) is 79.1 Å². The van der Waals surface area contributed by atoms with Crippen LogP contribution in [0.4, 0.5) is 0 Å². The van der Waals surface area contributed by atoms with E-state index in [4.69, 9.17) is 5.11 Å². The van der Waals surface area contributed by atoms with Crippen LogP contribution in [0.3, 0.4) is 0 Å². The molecular weight excluding hydrogens is 148 g/mol. The van der Waals surface area contributed by atoms with Crippen molar-refractivity contribution in [3.63, 3.8) is 0 Å². The van der Waals surface area contributed by atoms with E-state index < -0.39 is 5.76 Å². The molecule has 0 bridgehead atoms. The number of aliphatic hydroxyl groups excluding tert-OH is 1. The highest BCUT2D eigenvalue weighted by atomic mass is 16.5. The molecule has 1 heterocycles. The maximum absolute atomic E-state index is 10.4. The molecule has 5 nitrogen and oxygen atoms in total. The second-order valence-electron chi connectivity index (χ2n) is 2.22. The van der Waals surface area contributed by atoms with Gasteiger partial charge in [0.2, 0.25) is 0 Å². The minimum absolute atomic E-state index is 0.169. The third-order valence-corrected chi connectivity index (χ3v) is 1.31. The summed E-state index contributed by atoms with van der Waals surface area (Å²) in [5, 5.41) is 11.9. The number of nitrogens with one attached hydrogen (secondary N) is 1. The van der Waals surface area contributed by atoms with E-state index in [0.29, 0.717) is 12.2 Å². The number of unbranched alkanes of at least 4 members (excludes halogenated alkanes) is 1. The Morgan fingerprint density at radius 1 is 1.55 bits per heavy atom. The highest BCUT2D eigenvalue weighted by Crippen LogP contribution is 1.95. The minimum Gasteiger partial charge on any atom is -0.396 e. The van der Waals surface area contributed by atoms with Crippen molar-refractivity contribution in [3.05, 3.63) is 16.4 Å². The average molecular weight is 158 g/mol. The molecule has 2 N–H and O–H groups in total. The van der Waals surface area contributed by atoms with Gasteiger partial charge in [0.15, 0.2) is 5.82 Å². The van der Waals surface area contributed by atoms with Crippen LogP contribution in [0.2, 0.25) is 0 Å². The van der Waals surface area contributed by atoms with Crippen molar-refractivity contribution < 1.29 is 9.63 Å². The van der Waals surface area contributed by atoms with Crippen LogP contribution in [0.15, 0.2) is 9.32 Å². The van der Waals surface area contributed by atoms with E-state index in [0.717, 1.165) is 12.8 Å². The molecule has 11 heavy (non-hydrogen) atoms. The number of aryl methyl sites for hydroxylation is 1. The Hall–Kier alpha value is -1.10. The maximum Gasteiger partial charge on any atom is 0.438 e. The van der Waals surface area contributed by atoms with Crippen LogP contribution < -0.4 is 5.76 Å². The van der Waals surface area contributed by atoms with E-state index >= 15 is 0 Å². The van der Waals surface area contributed by atoms with Gasteiger partial charge in [0, 0.05) is 13.0 Å². The van der Waals surface area contributed by atoms with E-state index in [1.54, 1.807) is 0 Å². The highest BCUT2D eigenvalue weighted by Gasteiger charge is 1.98. The first-order chi connectivity index (χ1) is 5.33. The second kappa shape index (κ2) is 3.92. The lowest BCUT2D eigenvalue weighted by Crippen LogP contribution is -1.97. The van der Waals surface area contributed by atoms with Crippen LogP contribution in [0.1, 0.15) is 18.7 Å². The Kier molecular flexibility index (Phi) is 2.85. The molecule has 0 aliphatic carbocycles. The molecule has 0 fully saturated rings. The molecule has 1 aromatic heterocycles. The SMILES string of the molecule is O=c1[nH]c(CCCCO)no1. The monoisotopic (exact) mass is 158 g/mol. The van der Waals surface area contributed by atoms with Gasteiger partial charge in [-0.2, -0.15) is 0 Å². The Morgan fingerprint density at radius 3 is 2.91 bits per heavy atom. The molecule has 0 aromatic carbocycles. The van der Waals surface area contributed by atoms with Crippen LogP contribution in [0.25, 0.3) is 0 Å². The van der Waals surface area contributed by atoms with Gasteiger partial charge >= 0.3 is 5.76 Å². The summed E-state index contributed by atoms with van der Waals surface area (Å²) in [4.78, 5) is 12.8. The van der Waals surface area contributed by atoms with Crippen molar-refractivity contribution in [1.82, 2.24) is 10.1 Å². The number of H-pyrrole nitrogens is 1.